The number of hydrogen-bond donors (Lipinski definition) is 1. The molecular weight excluding hydrogens is 238 g/mol. The van der Waals surface area contributed by atoms with Gasteiger partial charge < -0.3 is 10.0 Å². The molecule has 19 heavy (non-hydrogen) atoms. The van der Waals surface area contributed by atoms with Gasteiger partial charge in [-0.2, -0.15) is 0 Å². The fraction of sp³-hybridized carbons (Fsp3) is 0.562. The zero-order chi connectivity index (χ0) is 13.6. The molecule has 3 atom stereocenters. The number of likely N-dealkylation sites (tertiary alicyclic amines) is 1. The van der Waals surface area contributed by atoms with Gasteiger partial charge >= 0.3 is 0 Å². The zero-order valence-corrected chi connectivity index (χ0v) is 11.6. The van der Waals surface area contributed by atoms with Crippen LogP contribution in [0.2, 0.25) is 0 Å². The predicted molar refractivity (Wildman–Crippen MR) is 74.0 cm³/mol. The minimum atomic E-state index is -0.207. The van der Waals surface area contributed by atoms with Gasteiger partial charge in [0.05, 0.1) is 6.10 Å². The Hall–Kier alpha value is -1.35. The van der Waals surface area contributed by atoms with E-state index in [0.717, 1.165) is 42.6 Å². The van der Waals surface area contributed by atoms with Crippen LogP contribution in [-0.4, -0.2) is 35.1 Å². The van der Waals surface area contributed by atoms with Crippen LogP contribution < -0.4 is 0 Å². The molecule has 0 spiro atoms. The van der Waals surface area contributed by atoms with Crippen molar-refractivity contribution in [2.75, 3.05) is 13.1 Å². The molecule has 1 aliphatic heterocycles. The molecule has 2 fully saturated rings. The highest BCUT2D eigenvalue weighted by Crippen LogP contribution is 2.38. The van der Waals surface area contributed by atoms with Crippen LogP contribution in [0, 0.1) is 25.7 Å². The van der Waals surface area contributed by atoms with E-state index in [9.17, 15) is 9.90 Å². The summed E-state index contributed by atoms with van der Waals surface area (Å²) in [5.74, 6) is 0.931. The average Bonchev–Trinajstić information content (AvgIpc) is 2.94. The molecule has 1 saturated heterocycles. The van der Waals surface area contributed by atoms with E-state index in [0.29, 0.717) is 11.8 Å². The van der Waals surface area contributed by atoms with Crippen LogP contribution in [0.15, 0.2) is 18.2 Å². The number of aliphatic hydroxyl groups excluding tert-OH is 1. The van der Waals surface area contributed by atoms with Crippen LogP contribution >= 0.6 is 0 Å². The lowest BCUT2D eigenvalue weighted by atomic mass is 10.00. The van der Waals surface area contributed by atoms with Crippen LogP contribution in [0.3, 0.4) is 0 Å². The highest BCUT2D eigenvalue weighted by Gasteiger charge is 2.43. The first kappa shape index (κ1) is 12.7. The summed E-state index contributed by atoms with van der Waals surface area (Å²) in [5, 5.41) is 9.93. The Morgan fingerprint density at radius 1 is 1.26 bits per heavy atom. The van der Waals surface area contributed by atoms with Crippen molar-refractivity contribution in [2.24, 2.45) is 11.8 Å². The van der Waals surface area contributed by atoms with Crippen molar-refractivity contribution in [3.05, 3.63) is 34.9 Å². The number of benzene rings is 1. The van der Waals surface area contributed by atoms with Crippen LogP contribution in [-0.2, 0) is 0 Å². The number of fused-ring (bicyclic) bond motifs is 1. The molecule has 2 aliphatic rings. The molecule has 102 valence electrons. The Bertz CT molecular complexity index is 511. The summed E-state index contributed by atoms with van der Waals surface area (Å²) in [5.41, 5.74) is 2.97. The molecular formula is C16H21NO2. The predicted octanol–water partition coefficient (Wildman–Crippen LogP) is 2.15. The normalized spacial score (nSPS) is 29.6. The lowest BCUT2D eigenvalue weighted by Gasteiger charge is -2.19. The smallest absolute Gasteiger partial charge is 0.254 e. The van der Waals surface area contributed by atoms with Crippen molar-refractivity contribution in [1.82, 2.24) is 4.90 Å². The molecule has 1 aromatic rings. The second-order valence-electron chi connectivity index (χ2n) is 6.10. The molecule has 1 N–H and O–H groups in total. The number of nitrogens with zero attached hydrogens (tertiary/aromatic N) is 1. The third kappa shape index (κ3) is 2.16. The summed E-state index contributed by atoms with van der Waals surface area (Å²) < 4.78 is 0. The van der Waals surface area contributed by atoms with Gasteiger partial charge in [-0.15, -0.1) is 0 Å². The van der Waals surface area contributed by atoms with Crippen molar-refractivity contribution < 1.29 is 9.90 Å². The zero-order valence-electron chi connectivity index (χ0n) is 11.6. The van der Waals surface area contributed by atoms with E-state index >= 15 is 0 Å². The van der Waals surface area contributed by atoms with Crippen LogP contribution in [0.1, 0.15) is 34.3 Å². The van der Waals surface area contributed by atoms with E-state index in [4.69, 9.17) is 0 Å². The number of hydrogen-bond acceptors (Lipinski definition) is 2. The highest BCUT2D eigenvalue weighted by atomic mass is 16.3. The van der Waals surface area contributed by atoms with E-state index in [1.807, 2.05) is 36.9 Å². The van der Waals surface area contributed by atoms with E-state index in [1.54, 1.807) is 0 Å². The number of aryl methyl sites for hydroxylation is 2. The maximum Gasteiger partial charge on any atom is 0.254 e. The molecule has 3 unspecified atom stereocenters. The number of rotatable bonds is 1. The fourth-order valence-corrected chi connectivity index (χ4v) is 3.54. The number of carbonyl (C=O) groups excluding carboxylic acids is 1. The SMILES string of the molecule is Cc1ccc(C)c(C(=O)N2CC3CCC(O)C3C2)c1. The van der Waals surface area contributed by atoms with Crippen molar-refractivity contribution >= 4 is 5.91 Å². The molecule has 1 heterocycles. The Kier molecular flexibility index (Phi) is 3.09. The van der Waals surface area contributed by atoms with Gasteiger partial charge in [-0.25, -0.2) is 0 Å². The van der Waals surface area contributed by atoms with Crippen molar-refractivity contribution in [1.29, 1.82) is 0 Å². The summed E-state index contributed by atoms with van der Waals surface area (Å²) in [4.78, 5) is 14.5. The van der Waals surface area contributed by atoms with Crippen molar-refractivity contribution in [2.45, 2.75) is 32.8 Å². The Balaban J connectivity index is 1.80. The third-order valence-electron chi connectivity index (χ3n) is 4.73. The van der Waals surface area contributed by atoms with E-state index in [2.05, 4.69) is 0 Å². The minimum absolute atomic E-state index is 0.128. The Labute approximate surface area is 114 Å². The van der Waals surface area contributed by atoms with Gasteiger partial charge in [0.1, 0.15) is 0 Å². The van der Waals surface area contributed by atoms with Gasteiger partial charge in [0.25, 0.3) is 5.91 Å². The first-order valence-electron chi connectivity index (χ1n) is 7.11. The maximum atomic E-state index is 12.6. The summed E-state index contributed by atoms with van der Waals surface area (Å²) >= 11 is 0. The summed E-state index contributed by atoms with van der Waals surface area (Å²) in [6.45, 7) is 5.53. The second kappa shape index (κ2) is 4.64. The van der Waals surface area contributed by atoms with Crippen molar-refractivity contribution in [3.63, 3.8) is 0 Å². The average molecular weight is 259 g/mol. The molecule has 0 radical (unpaired) electrons. The van der Waals surface area contributed by atoms with Gasteiger partial charge in [-0.3, -0.25) is 4.79 Å². The van der Waals surface area contributed by atoms with Gasteiger partial charge in [0, 0.05) is 24.6 Å². The van der Waals surface area contributed by atoms with Gasteiger partial charge in [0.15, 0.2) is 0 Å². The first-order valence-corrected chi connectivity index (χ1v) is 7.11. The molecule has 3 nitrogen and oxygen atoms in total. The number of aliphatic hydroxyl groups is 1. The quantitative estimate of drug-likeness (QED) is 0.839. The van der Waals surface area contributed by atoms with Crippen molar-refractivity contribution in [3.8, 4) is 0 Å². The molecule has 1 aromatic carbocycles. The third-order valence-corrected chi connectivity index (χ3v) is 4.73. The molecule has 0 bridgehead atoms. The van der Waals surface area contributed by atoms with E-state index < -0.39 is 0 Å². The van der Waals surface area contributed by atoms with Gasteiger partial charge in [-0.1, -0.05) is 17.7 Å². The maximum absolute atomic E-state index is 12.6. The fourth-order valence-electron chi connectivity index (χ4n) is 3.54. The minimum Gasteiger partial charge on any atom is -0.393 e. The molecule has 3 rings (SSSR count). The molecule has 1 saturated carbocycles. The highest BCUT2D eigenvalue weighted by molar-refractivity contribution is 5.96. The number of amides is 1. The van der Waals surface area contributed by atoms with E-state index in [1.165, 1.54) is 0 Å². The lowest BCUT2D eigenvalue weighted by molar-refractivity contribution is 0.0751. The van der Waals surface area contributed by atoms with Crippen LogP contribution in [0.4, 0.5) is 0 Å². The summed E-state index contributed by atoms with van der Waals surface area (Å²) in [7, 11) is 0. The van der Waals surface area contributed by atoms with Crippen LogP contribution in [0.25, 0.3) is 0 Å². The topological polar surface area (TPSA) is 40.5 Å². The molecule has 1 amide bonds. The van der Waals surface area contributed by atoms with Gasteiger partial charge in [0.2, 0.25) is 0 Å². The summed E-state index contributed by atoms with van der Waals surface area (Å²) in [6.07, 6.45) is 1.75. The molecule has 1 aliphatic carbocycles. The van der Waals surface area contributed by atoms with E-state index in [-0.39, 0.29) is 12.0 Å². The summed E-state index contributed by atoms with van der Waals surface area (Å²) in [6, 6.07) is 6.02. The Morgan fingerprint density at radius 3 is 2.79 bits per heavy atom. The lowest BCUT2D eigenvalue weighted by Crippen LogP contribution is -2.31. The second-order valence-corrected chi connectivity index (χ2v) is 6.10. The first-order chi connectivity index (χ1) is 9.06. The van der Waals surface area contributed by atoms with Crippen LogP contribution in [0.5, 0.6) is 0 Å². The van der Waals surface area contributed by atoms with Gasteiger partial charge in [-0.05, 0) is 44.2 Å². The Morgan fingerprint density at radius 2 is 2.05 bits per heavy atom. The standard InChI is InChI=1S/C16H21NO2/c1-10-3-4-11(2)13(7-10)16(19)17-8-12-5-6-15(18)14(12)9-17/h3-4,7,12,14-15,18H,5-6,8-9H2,1-2H3. The monoisotopic (exact) mass is 259 g/mol. The number of carbonyl (C=O) groups is 1. The molecule has 3 heteroatoms. The molecule has 0 aromatic heterocycles. The largest absolute Gasteiger partial charge is 0.393 e.